The summed E-state index contributed by atoms with van der Waals surface area (Å²) >= 11 is 0. The molecule has 2 aromatic rings. The number of benzene rings is 1. The monoisotopic (exact) mass is 228 g/mol. The first-order valence-corrected chi connectivity index (χ1v) is 5.93. The maximum Gasteiger partial charge on any atom is 0.163 e. The minimum Gasteiger partial charge on any atom is -0.469 e. The van der Waals surface area contributed by atoms with Crippen molar-refractivity contribution >= 4 is 5.78 Å². The van der Waals surface area contributed by atoms with Crippen molar-refractivity contribution in [2.24, 2.45) is 0 Å². The molecule has 1 aromatic carbocycles. The molecule has 1 heterocycles. The zero-order valence-electron chi connectivity index (χ0n) is 9.93. The average Bonchev–Trinajstić information content (AvgIpc) is 2.90. The maximum absolute atomic E-state index is 12.1. The van der Waals surface area contributed by atoms with E-state index < -0.39 is 0 Å². The van der Waals surface area contributed by atoms with Crippen LogP contribution in [0.25, 0.3) is 0 Å². The second-order valence-electron chi connectivity index (χ2n) is 4.11. The van der Waals surface area contributed by atoms with Gasteiger partial charge in [-0.2, -0.15) is 0 Å². The number of hydrogen-bond donors (Lipinski definition) is 0. The Balaban J connectivity index is 2.08. The van der Waals surface area contributed by atoms with Crippen LogP contribution < -0.4 is 0 Å². The van der Waals surface area contributed by atoms with Crippen molar-refractivity contribution in [3.8, 4) is 0 Å². The largest absolute Gasteiger partial charge is 0.469 e. The Kier molecular flexibility index (Phi) is 3.76. The van der Waals surface area contributed by atoms with Crippen molar-refractivity contribution in [2.45, 2.75) is 25.7 Å². The standard InChI is InChI=1S/C15H16O2/c1-2-12(15-9-6-10-17-15)11-14(16)13-7-4-3-5-8-13/h3-10,12H,2,11H2,1H3/t12-/m1/s1. The summed E-state index contributed by atoms with van der Waals surface area (Å²) in [7, 11) is 0. The lowest BCUT2D eigenvalue weighted by atomic mass is 9.94. The number of carbonyl (C=O) groups excluding carboxylic acids is 1. The lowest BCUT2D eigenvalue weighted by molar-refractivity contribution is 0.0969. The lowest BCUT2D eigenvalue weighted by Gasteiger charge is -2.10. The van der Waals surface area contributed by atoms with Gasteiger partial charge in [0.1, 0.15) is 5.76 Å². The van der Waals surface area contributed by atoms with E-state index in [9.17, 15) is 4.79 Å². The molecule has 0 saturated heterocycles. The Labute approximate surface area is 101 Å². The fourth-order valence-electron chi connectivity index (χ4n) is 1.94. The molecule has 2 rings (SSSR count). The van der Waals surface area contributed by atoms with Crippen molar-refractivity contribution < 1.29 is 9.21 Å². The van der Waals surface area contributed by atoms with Crippen molar-refractivity contribution in [1.82, 2.24) is 0 Å². The van der Waals surface area contributed by atoms with Gasteiger partial charge in [-0.1, -0.05) is 37.3 Å². The van der Waals surface area contributed by atoms with E-state index in [1.54, 1.807) is 6.26 Å². The number of ketones is 1. The molecule has 1 atom stereocenters. The highest BCUT2D eigenvalue weighted by Gasteiger charge is 2.17. The molecule has 0 unspecified atom stereocenters. The fourth-order valence-corrected chi connectivity index (χ4v) is 1.94. The van der Waals surface area contributed by atoms with Crippen molar-refractivity contribution in [3.05, 3.63) is 60.1 Å². The normalized spacial score (nSPS) is 12.3. The Morgan fingerprint density at radius 3 is 2.53 bits per heavy atom. The third-order valence-electron chi connectivity index (χ3n) is 2.97. The summed E-state index contributed by atoms with van der Waals surface area (Å²) in [5.41, 5.74) is 0.775. The first-order chi connectivity index (χ1) is 8.31. The van der Waals surface area contributed by atoms with Crippen molar-refractivity contribution in [1.29, 1.82) is 0 Å². The van der Waals surface area contributed by atoms with Gasteiger partial charge >= 0.3 is 0 Å². The predicted octanol–water partition coefficient (Wildman–Crippen LogP) is 4.05. The van der Waals surface area contributed by atoms with E-state index in [4.69, 9.17) is 4.42 Å². The molecule has 2 nitrogen and oxygen atoms in total. The van der Waals surface area contributed by atoms with Crippen LogP contribution in [0, 0.1) is 0 Å². The molecule has 0 aliphatic rings. The van der Waals surface area contributed by atoms with Gasteiger partial charge in [-0.15, -0.1) is 0 Å². The molecule has 0 aliphatic carbocycles. The van der Waals surface area contributed by atoms with Gasteiger partial charge in [-0.25, -0.2) is 0 Å². The highest BCUT2D eigenvalue weighted by atomic mass is 16.3. The van der Waals surface area contributed by atoms with Gasteiger partial charge in [0.05, 0.1) is 6.26 Å². The molecule has 0 aliphatic heterocycles. The Morgan fingerprint density at radius 1 is 1.18 bits per heavy atom. The zero-order chi connectivity index (χ0) is 12.1. The van der Waals surface area contributed by atoms with Crippen LogP contribution in [0.2, 0.25) is 0 Å². The Bertz CT molecular complexity index is 457. The first-order valence-electron chi connectivity index (χ1n) is 5.93. The number of rotatable bonds is 5. The van der Waals surface area contributed by atoms with Gasteiger partial charge in [-0.05, 0) is 18.6 Å². The molecule has 1 aromatic heterocycles. The van der Waals surface area contributed by atoms with Crippen LogP contribution in [0.5, 0.6) is 0 Å². The van der Waals surface area contributed by atoms with Crippen LogP contribution >= 0.6 is 0 Å². The van der Waals surface area contributed by atoms with Gasteiger partial charge in [-0.3, -0.25) is 4.79 Å². The third kappa shape index (κ3) is 2.84. The molecule has 0 saturated carbocycles. The maximum atomic E-state index is 12.1. The summed E-state index contributed by atoms with van der Waals surface area (Å²) in [5, 5.41) is 0. The topological polar surface area (TPSA) is 30.2 Å². The molecular weight excluding hydrogens is 212 g/mol. The van der Waals surface area contributed by atoms with E-state index in [0.29, 0.717) is 6.42 Å². The SMILES string of the molecule is CC[C@H](CC(=O)c1ccccc1)c1ccco1. The van der Waals surface area contributed by atoms with Crippen LogP contribution in [0.15, 0.2) is 53.1 Å². The minimum atomic E-state index is 0.175. The van der Waals surface area contributed by atoms with E-state index >= 15 is 0 Å². The van der Waals surface area contributed by atoms with E-state index in [2.05, 4.69) is 6.92 Å². The number of Topliss-reactive ketones (excluding diaryl/α,β-unsaturated/α-hetero) is 1. The van der Waals surface area contributed by atoms with Crippen LogP contribution in [0.1, 0.15) is 41.8 Å². The molecule has 0 fully saturated rings. The predicted molar refractivity (Wildman–Crippen MR) is 67.1 cm³/mol. The van der Waals surface area contributed by atoms with Crippen molar-refractivity contribution in [3.63, 3.8) is 0 Å². The van der Waals surface area contributed by atoms with Crippen LogP contribution in [-0.4, -0.2) is 5.78 Å². The zero-order valence-corrected chi connectivity index (χ0v) is 9.93. The fraction of sp³-hybridized carbons (Fsp3) is 0.267. The second kappa shape index (κ2) is 5.48. The summed E-state index contributed by atoms with van der Waals surface area (Å²) in [6, 6.07) is 13.2. The van der Waals surface area contributed by atoms with Gasteiger partial charge in [0.25, 0.3) is 0 Å². The number of carbonyl (C=O) groups is 1. The van der Waals surface area contributed by atoms with Gasteiger partial charge in [0.2, 0.25) is 0 Å². The highest BCUT2D eigenvalue weighted by Crippen LogP contribution is 2.25. The lowest BCUT2D eigenvalue weighted by Crippen LogP contribution is -2.06. The van der Waals surface area contributed by atoms with Crippen molar-refractivity contribution in [2.75, 3.05) is 0 Å². The second-order valence-corrected chi connectivity index (χ2v) is 4.11. The van der Waals surface area contributed by atoms with E-state index in [0.717, 1.165) is 17.7 Å². The highest BCUT2D eigenvalue weighted by molar-refractivity contribution is 5.96. The van der Waals surface area contributed by atoms with E-state index in [1.807, 2.05) is 42.5 Å². The molecular formula is C15H16O2. The summed E-state index contributed by atoms with van der Waals surface area (Å²) in [4.78, 5) is 12.1. The Morgan fingerprint density at radius 2 is 1.94 bits per heavy atom. The molecule has 17 heavy (non-hydrogen) atoms. The summed E-state index contributed by atoms with van der Waals surface area (Å²) < 4.78 is 5.37. The molecule has 0 spiro atoms. The van der Waals surface area contributed by atoms with E-state index in [-0.39, 0.29) is 11.7 Å². The summed E-state index contributed by atoms with van der Waals surface area (Å²) in [5.74, 6) is 1.25. The van der Waals surface area contributed by atoms with Crippen LogP contribution in [-0.2, 0) is 0 Å². The number of furan rings is 1. The molecule has 0 amide bonds. The smallest absolute Gasteiger partial charge is 0.163 e. The molecule has 0 bridgehead atoms. The number of hydrogen-bond acceptors (Lipinski definition) is 2. The quantitative estimate of drug-likeness (QED) is 0.723. The summed E-state index contributed by atoms with van der Waals surface area (Å²) in [6.45, 7) is 2.07. The third-order valence-corrected chi connectivity index (χ3v) is 2.97. The van der Waals surface area contributed by atoms with Gasteiger partial charge < -0.3 is 4.42 Å². The molecule has 2 heteroatoms. The van der Waals surface area contributed by atoms with Gasteiger partial charge in [0.15, 0.2) is 5.78 Å². The Hall–Kier alpha value is -1.83. The summed E-state index contributed by atoms with van der Waals surface area (Å²) in [6.07, 6.45) is 3.07. The molecule has 0 radical (unpaired) electrons. The first kappa shape index (κ1) is 11.6. The van der Waals surface area contributed by atoms with E-state index in [1.165, 1.54) is 0 Å². The minimum absolute atomic E-state index is 0.175. The van der Waals surface area contributed by atoms with Crippen LogP contribution in [0.3, 0.4) is 0 Å². The average molecular weight is 228 g/mol. The molecule has 0 N–H and O–H groups in total. The van der Waals surface area contributed by atoms with Crippen LogP contribution in [0.4, 0.5) is 0 Å². The molecule has 88 valence electrons. The van der Waals surface area contributed by atoms with Gasteiger partial charge in [0, 0.05) is 17.9 Å².